The molecule has 30 heavy (non-hydrogen) atoms. The number of fused-ring (bicyclic) bond motifs is 1. The summed E-state index contributed by atoms with van der Waals surface area (Å²) in [7, 11) is 0. The second kappa shape index (κ2) is 7.61. The lowest BCUT2D eigenvalue weighted by Crippen LogP contribution is -2.42. The lowest BCUT2D eigenvalue weighted by atomic mass is 9.98. The highest BCUT2D eigenvalue weighted by Crippen LogP contribution is 2.31. The smallest absolute Gasteiger partial charge is 0.239 e. The Balaban J connectivity index is 1.29. The summed E-state index contributed by atoms with van der Waals surface area (Å²) in [4.78, 5) is 37.0. The highest BCUT2D eigenvalue weighted by molar-refractivity contribution is 6.30. The van der Waals surface area contributed by atoms with Gasteiger partial charge in [-0.2, -0.15) is 0 Å². The van der Waals surface area contributed by atoms with E-state index in [1.165, 1.54) is 5.57 Å². The van der Waals surface area contributed by atoms with E-state index in [4.69, 9.17) is 11.6 Å². The average Bonchev–Trinajstić information content (AvgIpc) is 3.38. The van der Waals surface area contributed by atoms with Gasteiger partial charge >= 0.3 is 0 Å². The molecule has 5 rings (SSSR count). The zero-order valence-electron chi connectivity index (χ0n) is 16.3. The van der Waals surface area contributed by atoms with Gasteiger partial charge < -0.3 is 14.8 Å². The number of aromatic amines is 1. The van der Waals surface area contributed by atoms with Gasteiger partial charge in [0.25, 0.3) is 0 Å². The third kappa shape index (κ3) is 3.27. The zero-order valence-corrected chi connectivity index (χ0v) is 17.1. The number of pyridine rings is 1. The molecule has 3 aromatic rings. The lowest BCUT2D eigenvalue weighted by molar-refractivity contribution is -0.139. The number of anilines is 1. The van der Waals surface area contributed by atoms with Gasteiger partial charge in [0, 0.05) is 53.7 Å². The first-order valence-electron chi connectivity index (χ1n) is 10.1. The summed E-state index contributed by atoms with van der Waals surface area (Å²) in [6.07, 6.45) is 7.14. The van der Waals surface area contributed by atoms with Gasteiger partial charge in [0.1, 0.15) is 11.6 Å². The van der Waals surface area contributed by atoms with E-state index in [-0.39, 0.29) is 11.8 Å². The Morgan fingerprint density at radius 1 is 1.17 bits per heavy atom. The Bertz CT molecular complexity index is 1150. The molecule has 152 valence electrons. The number of rotatable bonds is 3. The SMILES string of the molecule is O=C(C1CCN(c2ccc(Cl)cc2)C1=O)N1CC=C(c2c[nH]c3ncccc23)CC1. The van der Waals surface area contributed by atoms with E-state index in [0.717, 1.165) is 28.7 Å². The Labute approximate surface area is 179 Å². The number of hydrogen-bond acceptors (Lipinski definition) is 3. The molecule has 2 aromatic heterocycles. The molecule has 1 saturated heterocycles. The maximum Gasteiger partial charge on any atom is 0.239 e. The first-order valence-corrected chi connectivity index (χ1v) is 10.5. The van der Waals surface area contributed by atoms with E-state index in [1.54, 1.807) is 28.1 Å². The van der Waals surface area contributed by atoms with Crippen molar-refractivity contribution in [2.24, 2.45) is 5.92 Å². The summed E-state index contributed by atoms with van der Waals surface area (Å²) in [5.41, 5.74) is 3.99. The fraction of sp³-hybridized carbons (Fsp3) is 0.261. The van der Waals surface area contributed by atoms with Crippen LogP contribution in [0, 0.1) is 5.92 Å². The molecule has 0 bridgehead atoms. The maximum atomic E-state index is 13.1. The standard InChI is InChI=1S/C23H21ClN4O2/c24-16-3-5-17(6-4-16)28-13-9-19(23(28)30)22(29)27-11-7-15(8-12-27)20-14-26-21-18(20)2-1-10-25-21/h1-7,10,14,19H,8-9,11-13H2,(H,25,26). The van der Waals surface area contributed by atoms with Crippen LogP contribution in [0.15, 0.2) is 54.9 Å². The van der Waals surface area contributed by atoms with E-state index < -0.39 is 5.92 Å². The van der Waals surface area contributed by atoms with Gasteiger partial charge in [-0.1, -0.05) is 17.7 Å². The van der Waals surface area contributed by atoms with E-state index in [1.807, 2.05) is 24.4 Å². The topological polar surface area (TPSA) is 69.3 Å². The number of aromatic nitrogens is 2. The summed E-state index contributed by atoms with van der Waals surface area (Å²) in [5, 5.41) is 1.72. The van der Waals surface area contributed by atoms with Crippen LogP contribution in [0.1, 0.15) is 18.4 Å². The van der Waals surface area contributed by atoms with Crippen molar-refractivity contribution in [3.8, 4) is 0 Å². The van der Waals surface area contributed by atoms with Gasteiger partial charge in [0.05, 0.1) is 0 Å². The molecule has 4 heterocycles. The van der Waals surface area contributed by atoms with E-state index in [0.29, 0.717) is 31.1 Å². The van der Waals surface area contributed by atoms with Crippen molar-refractivity contribution in [2.45, 2.75) is 12.8 Å². The molecule has 0 saturated carbocycles. The Morgan fingerprint density at radius 2 is 2.00 bits per heavy atom. The predicted octanol–water partition coefficient (Wildman–Crippen LogP) is 3.89. The summed E-state index contributed by atoms with van der Waals surface area (Å²) >= 11 is 5.94. The highest BCUT2D eigenvalue weighted by atomic mass is 35.5. The number of nitrogens with zero attached hydrogens (tertiary/aromatic N) is 3. The van der Waals surface area contributed by atoms with E-state index in [9.17, 15) is 9.59 Å². The number of hydrogen-bond donors (Lipinski definition) is 1. The van der Waals surface area contributed by atoms with Gasteiger partial charge in [0.2, 0.25) is 11.8 Å². The quantitative estimate of drug-likeness (QED) is 0.653. The maximum absolute atomic E-state index is 13.1. The van der Waals surface area contributed by atoms with Gasteiger partial charge in [-0.05, 0) is 54.8 Å². The third-order valence-electron chi connectivity index (χ3n) is 5.96. The first kappa shape index (κ1) is 18.9. The number of amides is 2. The molecule has 1 aromatic carbocycles. The Morgan fingerprint density at radius 3 is 2.77 bits per heavy atom. The molecular weight excluding hydrogens is 400 g/mol. The average molecular weight is 421 g/mol. The minimum absolute atomic E-state index is 0.0765. The number of carbonyl (C=O) groups excluding carboxylic acids is 2. The first-order chi connectivity index (χ1) is 14.6. The molecule has 2 aliphatic rings. The van der Waals surface area contributed by atoms with Crippen molar-refractivity contribution in [2.75, 3.05) is 24.5 Å². The molecule has 1 unspecified atom stereocenters. The molecule has 1 atom stereocenters. The molecule has 7 heteroatoms. The second-order valence-electron chi connectivity index (χ2n) is 7.67. The number of H-pyrrole nitrogens is 1. The largest absolute Gasteiger partial charge is 0.346 e. The summed E-state index contributed by atoms with van der Waals surface area (Å²) in [6.45, 7) is 1.68. The number of nitrogens with one attached hydrogen (secondary N) is 1. The van der Waals surface area contributed by atoms with Crippen molar-refractivity contribution in [1.29, 1.82) is 0 Å². The van der Waals surface area contributed by atoms with Crippen molar-refractivity contribution >= 4 is 45.7 Å². The van der Waals surface area contributed by atoms with Crippen LogP contribution in [0.2, 0.25) is 5.02 Å². The van der Waals surface area contributed by atoms with Gasteiger partial charge in [-0.25, -0.2) is 4.98 Å². The molecule has 2 amide bonds. The van der Waals surface area contributed by atoms with Crippen LogP contribution in [0.25, 0.3) is 16.6 Å². The normalized spacial score (nSPS) is 19.4. The van der Waals surface area contributed by atoms with Crippen LogP contribution in [0.4, 0.5) is 5.69 Å². The Kier molecular flexibility index (Phi) is 4.79. The van der Waals surface area contributed by atoms with Crippen molar-refractivity contribution < 1.29 is 9.59 Å². The van der Waals surface area contributed by atoms with E-state index in [2.05, 4.69) is 22.1 Å². The van der Waals surface area contributed by atoms with Crippen LogP contribution in [-0.4, -0.2) is 46.3 Å². The van der Waals surface area contributed by atoms with Crippen LogP contribution in [0.5, 0.6) is 0 Å². The van der Waals surface area contributed by atoms with Crippen molar-refractivity contribution in [3.05, 3.63) is 65.5 Å². The number of benzene rings is 1. The fourth-order valence-corrected chi connectivity index (χ4v) is 4.47. The lowest BCUT2D eigenvalue weighted by Gasteiger charge is -2.28. The summed E-state index contributed by atoms with van der Waals surface area (Å²) in [5.74, 6) is -0.805. The van der Waals surface area contributed by atoms with Crippen molar-refractivity contribution in [3.63, 3.8) is 0 Å². The number of halogens is 1. The third-order valence-corrected chi connectivity index (χ3v) is 6.21. The van der Waals surface area contributed by atoms with Gasteiger partial charge in [0.15, 0.2) is 0 Å². The predicted molar refractivity (Wildman–Crippen MR) is 117 cm³/mol. The van der Waals surface area contributed by atoms with Gasteiger partial charge in [-0.3, -0.25) is 9.59 Å². The molecule has 0 spiro atoms. The van der Waals surface area contributed by atoms with Crippen LogP contribution in [0.3, 0.4) is 0 Å². The fourth-order valence-electron chi connectivity index (χ4n) is 4.34. The second-order valence-corrected chi connectivity index (χ2v) is 8.11. The molecule has 1 N–H and O–H groups in total. The summed E-state index contributed by atoms with van der Waals surface area (Å²) in [6, 6.07) is 11.1. The molecule has 0 aliphatic carbocycles. The zero-order chi connectivity index (χ0) is 20.7. The highest BCUT2D eigenvalue weighted by Gasteiger charge is 2.39. The monoisotopic (exact) mass is 420 g/mol. The van der Waals surface area contributed by atoms with E-state index >= 15 is 0 Å². The molecule has 1 fully saturated rings. The van der Waals surface area contributed by atoms with Crippen LogP contribution < -0.4 is 4.90 Å². The minimum atomic E-state index is -0.604. The molecule has 2 aliphatic heterocycles. The molecule has 0 radical (unpaired) electrons. The molecular formula is C23H21ClN4O2. The summed E-state index contributed by atoms with van der Waals surface area (Å²) < 4.78 is 0. The van der Waals surface area contributed by atoms with Crippen molar-refractivity contribution in [1.82, 2.24) is 14.9 Å². The number of carbonyl (C=O) groups is 2. The molecule has 6 nitrogen and oxygen atoms in total. The Hall–Kier alpha value is -3.12. The van der Waals surface area contributed by atoms with Crippen LogP contribution >= 0.6 is 11.6 Å². The van der Waals surface area contributed by atoms with Crippen LogP contribution in [-0.2, 0) is 9.59 Å². The van der Waals surface area contributed by atoms with Gasteiger partial charge in [-0.15, -0.1) is 0 Å². The minimum Gasteiger partial charge on any atom is -0.346 e.